The first-order valence-electron chi connectivity index (χ1n) is 8.97. The van der Waals surface area contributed by atoms with Crippen LogP contribution < -0.4 is 10.2 Å². The first-order chi connectivity index (χ1) is 13.1. The first-order valence-corrected chi connectivity index (χ1v) is 8.97. The summed E-state index contributed by atoms with van der Waals surface area (Å²) in [4.78, 5) is 27.8. The number of amides is 1. The molecule has 3 aromatic rings. The van der Waals surface area contributed by atoms with E-state index in [4.69, 9.17) is 0 Å². The lowest BCUT2D eigenvalue weighted by atomic mass is 10.0. The van der Waals surface area contributed by atoms with E-state index in [0.29, 0.717) is 11.3 Å². The van der Waals surface area contributed by atoms with Gasteiger partial charge in [-0.3, -0.25) is 14.8 Å². The summed E-state index contributed by atoms with van der Waals surface area (Å²) >= 11 is 0. The van der Waals surface area contributed by atoms with Gasteiger partial charge in [0.15, 0.2) is 0 Å². The zero-order valence-electron chi connectivity index (χ0n) is 15.4. The number of pyridine rings is 3. The Hall–Kier alpha value is -3.28. The molecule has 0 saturated heterocycles. The zero-order valence-corrected chi connectivity index (χ0v) is 15.4. The van der Waals surface area contributed by atoms with Crippen LogP contribution in [0, 0.1) is 13.8 Å². The fourth-order valence-electron chi connectivity index (χ4n) is 3.39. The molecule has 136 valence electrons. The third-order valence-electron chi connectivity index (χ3n) is 4.73. The van der Waals surface area contributed by atoms with Crippen molar-refractivity contribution < 1.29 is 4.79 Å². The number of aryl methyl sites for hydroxylation is 2. The third-order valence-corrected chi connectivity index (χ3v) is 4.73. The summed E-state index contributed by atoms with van der Waals surface area (Å²) in [7, 11) is 0. The molecule has 0 atom stereocenters. The summed E-state index contributed by atoms with van der Waals surface area (Å²) in [6, 6.07) is 7.60. The van der Waals surface area contributed by atoms with E-state index in [1.54, 1.807) is 30.7 Å². The van der Waals surface area contributed by atoms with Crippen LogP contribution in [-0.2, 0) is 13.0 Å². The van der Waals surface area contributed by atoms with E-state index in [0.717, 1.165) is 30.9 Å². The molecule has 1 aliphatic heterocycles. The van der Waals surface area contributed by atoms with Crippen LogP contribution in [0.2, 0.25) is 0 Å². The number of nitrogens with one attached hydrogen (secondary N) is 1. The van der Waals surface area contributed by atoms with Crippen molar-refractivity contribution in [3.8, 4) is 0 Å². The van der Waals surface area contributed by atoms with Gasteiger partial charge in [0.25, 0.3) is 5.91 Å². The van der Waals surface area contributed by atoms with Crippen LogP contribution in [0.15, 0.2) is 49.1 Å². The molecule has 3 aromatic heterocycles. The second-order valence-electron chi connectivity index (χ2n) is 6.84. The molecule has 0 unspecified atom stereocenters. The number of carbonyl (C=O) groups excluding carboxylic acids is 1. The largest absolute Gasteiger partial charge is 0.352 e. The van der Waals surface area contributed by atoms with Crippen molar-refractivity contribution >= 4 is 17.4 Å². The van der Waals surface area contributed by atoms with E-state index in [1.807, 2.05) is 19.2 Å². The SMILES string of the molecule is Cc1cnc2c(c1)CN(c1ncc(C(=O)Nc3ccncc3)cc1C)CC2. The van der Waals surface area contributed by atoms with Gasteiger partial charge >= 0.3 is 0 Å². The standard InChI is InChI=1S/C21H21N5O/c1-14-9-17-13-26(8-5-19(17)23-11-14)20-15(2)10-16(12-24-20)21(27)25-18-3-6-22-7-4-18/h3-4,6-7,9-12H,5,8,13H2,1-2H3,(H,22,25,27). The van der Waals surface area contributed by atoms with Crippen molar-refractivity contribution in [3.05, 3.63) is 77.0 Å². The summed E-state index contributed by atoms with van der Waals surface area (Å²) in [5.74, 6) is 0.745. The molecule has 4 rings (SSSR count). The summed E-state index contributed by atoms with van der Waals surface area (Å²) in [6.07, 6.45) is 7.76. The Bertz CT molecular complexity index is 987. The van der Waals surface area contributed by atoms with Gasteiger partial charge in [0.2, 0.25) is 0 Å². The van der Waals surface area contributed by atoms with Gasteiger partial charge < -0.3 is 10.2 Å². The summed E-state index contributed by atoms with van der Waals surface area (Å²) < 4.78 is 0. The van der Waals surface area contributed by atoms with Crippen LogP contribution in [0.1, 0.15) is 32.7 Å². The number of nitrogens with zero attached hydrogens (tertiary/aromatic N) is 4. The van der Waals surface area contributed by atoms with Crippen molar-refractivity contribution in [2.24, 2.45) is 0 Å². The average Bonchev–Trinajstić information content (AvgIpc) is 2.68. The lowest BCUT2D eigenvalue weighted by Gasteiger charge is -2.30. The molecule has 0 aromatic carbocycles. The maximum atomic E-state index is 12.5. The minimum absolute atomic E-state index is 0.174. The van der Waals surface area contributed by atoms with Crippen molar-refractivity contribution in [3.63, 3.8) is 0 Å². The predicted molar refractivity (Wildman–Crippen MR) is 105 cm³/mol. The van der Waals surface area contributed by atoms with Crippen molar-refractivity contribution in [1.29, 1.82) is 0 Å². The normalized spacial score (nSPS) is 13.2. The average molecular weight is 359 g/mol. The van der Waals surface area contributed by atoms with Crippen LogP contribution in [-0.4, -0.2) is 27.4 Å². The van der Waals surface area contributed by atoms with Gasteiger partial charge in [-0.2, -0.15) is 0 Å². The van der Waals surface area contributed by atoms with Crippen LogP contribution in [0.25, 0.3) is 0 Å². The number of carbonyl (C=O) groups is 1. The highest BCUT2D eigenvalue weighted by Gasteiger charge is 2.20. The molecule has 27 heavy (non-hydrogen) atoms. The van der Waals surface area contributed by atoms with Crippen LogP contribution in [0.3, 0.4) is 0 Å². The fraction of sp³-hybridized carbons (Fsp3) is 0.238. The number of fused-ring (bicyclic) bond motifs is 1. The van der Waals surface area contributed by atoms with E-state index < -0.39 is 0 Å². The Morgan fingerprint density at radius 3 is 2.70 bits per heavy atom. The minimum atomic E-state index is -0.174. The van der Waals surface area contributed by atoms with E-state index in [-0.39, 0.29) is 5.91 Å². The second kappa shape index (κ2) is 7.15. The molecule has 0 spiro atoms. The zero-order chi connectivity index (χ0) is 18.8. The second-order valence-corrected chi connectivity index (χ2v) is 6.84. The lowest BCUT2D eigenvalue weighted by molar-refractivity contribution is 0.102. The third kappa shape index (κ3) is 3.65. The molecule has 0 fully saturated rings. The number of hydrogen-bond acceptors (Lipinski definition) is 5. The van der Waals surface area contributed by atoms with Crippen LogP contribution >= 0.6 is 0 Å². The molecular weight excluding hydrogens is 338 g/mol. The highest BCUT2D eigenvalue weighted by Crippen LogP contribution is 2.25. The fourth-order valence-corrected chi connectivity index (χ4v) is 3.39. The highest BCUT2D eigenvalue weighted by atomic mass is 16.1. The maximum Gasteiger partial charge on any atom is 0.257 e. The van der Waals surface area contributed by atoms with Gasteiger partial charge in [-0.15, -0.1) is 0 Å². The maximum absolute atomic E-state index is 12.5. The van der Waals surface area contributed by atoms with Gasteiger partial charge in [0.05, 0.1) is 5.56 Å². The molecule has 0 bridgehead atoms. The molecule has 4 heterocycles. The van der Waals surface area contributed by atoms with Crippen molar-refractivity contribution in [1.82, 2.24) is 15.0 Å². The van der Waals surface area contributed by atoms with Gasteiger partial charge in [0, 0.05) is 55.7 Å². The first kappa shape index (κ1) is 17.1. The minimum Gasteiger partial charge on any atom is -0.352 e. The predicted octanol–water partition coefficient (Wildman–Crippen LogP) is 3.30. The Labute approximate surface area is 158 Å². The molecule has 1 N–H and O–H groups in total. The topological polar surface area (TPSA) is 71.0 Å². The Morgan fingerprint density at radius 2 is 1.93 bits per heavy atom. The highest BCUT2D eigenvalue weighted by molar-refractivity contribution is 6.04. The van der Waals surface area contributed by atoms with E-state index in [1.165, 1.54) is 16.8 Å². The molecule has 6 heteroatoms. The number of anilines is 2. The Kier molecular flexibility index (Phi) is 4.54. The number of aromatic nitrogens is 3. The molecule has 1 aliphatic rings. The van der Waals surface area contributed by atoms with Gasteiger partial charge in [-0.05, 0) is 48.7 Å². The molecule has 0 saturated carbocycles. The Balaban J connectivity index is 1.53. The molecular formula is C21H21N5O. The van der Waals surface area contributed by atoms with Gasteiger partial charge in [-0.25, -0.2) is 4.98 Å². The summed E-state index contributed by atoms with van der Waals surface area (Å²) in [5, 5.41) is 2.86. The molecule has 0 aliphatic carbocycles. The van der Waals surface area contributed by atoms with Gasteiger partial charge in [-0.1, -0.05) is 6.07 Å². The van der Waals surface area contributed by atoms with E-state index in [9.17, 15) is 4.79 Å². The van der Waals surface area contributed by atoms with E-state index >= 15 is 0 Å². The smallest absolute Gasteiger partial charge is 0.257 e. The van der Waals surface area contributed by atoms with Crippen molar-refractivity contribution in [2.75, 3.05) is 16.8 Å². The van der Waals surface area contributed by atoms with Gasteiger partial charge in [0.1, 0.15) is 5.82 Å². The molecule has 0 radical (unpaired) electrons. The monoisotopic (exact) mass is 359 g/mol. The number of rotatable bonds is 3. The lowest BCUT2D eigenvalue weighted by Crippen LogP contribution is -2.32. The van der Waals surface area contributed by atoms with Crippen LogP contribution in [0.4, 0.5) is 11.5 Å². The molecule has 1 amide bonds. The number of hydrogen-bond donors (Lipinski definition) is 1. The van der Waals surface area contributed by atoms with Crippen LogP contribution in [0.5, 0.6) is 0 Å². The summed E-state index contributed by atoms with van der Waals surface area (Å²) in [6.45, 7) is 5.72. The summed E-state index contributed by atoms with van der Waals surface area (Å²) in [5.41, 5.74) is 5.84. The quantitative estimate of drug-likeness (QED) is 0.777. The van der Waals surface area contributed by atoms with E-state index in [2.05, 4.69) is 38.2 Å². The van der Waals surface area contributed by atoms with Crippen molar-refractivity contribution in [2.45, 2.75) is 26.8 Å². The molecule has 6 nitrogen and oxygen atoms in total. The Morgan fingerprint density at radius 1 is 1.11 bits per heavy atom.